The maximum Gasteiger partial charge on any atom is 0.350 e. The zero-order valence-electron chi connectivity index (χ0n) is 16.5. The number of carbonyl (C=O) groups excluding carboxylic acids is 2. The summed E-state index contributed by atoms with van der Waals surface area (Å²) in [7, 11) is 0. The zero-order valence-corrected chi connectivity index (χ0v) is 18.9. The van der Waals surface area contributed by atoms with E-state index in [0.29, 0.717) is 27.1 Å². The Kier molecular flexibility index (Phi) is 5.99. The van der Waals surface area contributed by atoms with Crippen LogP contribution in [0, 0.1) is 24.2 Å². The number of amides is 1. The lowest BCUT2D eigenvalue weighted by Crippen LogP contribution is -2.20. The fraction of sp³-hybridized carbons (Fsp3) is 0.333. The van der Waals surface area contributed by atoms with Crippen molar-refractivity contribution in [2.24, 2.45) is 5.92 Å². The van der Waals surface area contributed by atoms with Gasteiger partial charge in [-0.2, -0.15) is 5.26 Å². The molecule has 0 fully saturated rings. The largest absolute Gasteiger partial charge is 0.451 e. The van der Waals surface area contributed by atoms with Gasteiger partial charge < -0.3 is 10.1 Å². The number of nitrogens with one attached hydrogen (secondary N) is 1. The van der Waals surface area contributed by atoms with Crippen molar-refractivity contribution in [1.29, 1.82) is 5.26 Å². The molecular formula is C21H19N3O3S3. The molecule has 0 saturated heterocycles. The second kappa shape index (κ2) is 8.68. The Hall–Kier alpha value is -2.54. The molecule has 0 saturated carbocycles. The Morgan fingerprint density at radius 1 is 1.40 bits per heavy atom. The van der Waals surface area contributed by atoms with Crippen LogP contribution in [0.2, 0.25) is 0 Å². The van der Waals surface area contributed by atoms with Crippen molar-refractivity contribution >= 4 is 50.9 Å². The number of hydrogen-bond donors (Lipinski definition) is 1. The van der Waals surface area contributed by atoms with E-state index in [2.05, 4.69) is 23.3 Å². The van der Waals surface area contributed by atoms with Crippen LogP contribution in [0.1, 0.15) is 44.7 Å². The molecule has 1 unspecified atom stereocenters. The van der Waals surface area contributed by atoms with Gasteiger partial charge in [0.1, 0.15) is 21.0 Å². The highest BCUT2D eigenvalue weighted by molar-refractivity contribution is 7.22. The third-order valence-corrected chi connectivity index (χ3v) is 8.27. The number of aromatic nitrogens is 1. The van der Waals surface area contributed by atoms with E-state index in [1.807, 2.05) is 17.5 Å². The molecule has 6 nitrogen and oxygen atoms in total. The van der Waals surface area contributed by atoms with E-state index in [1.165, 1.54) is 27.6 Å². The molecule has 9 heteroatoms. The number of aryl methyl sites for hydroxylation is 1. The lowest BCUT2D eigenvalue weighted by atomic mass is 9.89. The van der Waals surface area contributed by atoms with E-state index in [9.17, 15) is 14.9 Å². The Bertz CT molecular complexity index is 1140. The summed E-state index contributed by atoms with van der Waals surface area (Å²) in [5.41, 5.74) is 2.18. The summed E-state index contributed by atoms with van der Waals surface area (Å²) in [6, 6.07) is 6.09. The molecule has 0 aliphatic heterocycles. The number of carbonyl (C=O) groups is 2. The Morgan fingerprint density at radius 3 is 2.97 bits per heavy atom. The molecule has 0 spiro atoms. The van der Waals surface area contributed by atoms with Gasteiger partial charge in [0.25, 0.3) is 5.91 Å². The molecule has 1 N–H and O–H groups in total. The average Bonchev–Trinajstić information content (AvgIpc) is 3.44. The van der Waals surface area contributed by atoms with Crippen molar-refractivity contribution < 1.29 is 14.3 Å². The van der Waals surface area contributed by atoms with Gasteiger partial charge in [0.2, 0.25) is 0 Å². The van der Waals surface area contributed by atoms with Crippen molar-refractivity contribution in [3.05, 3.63) is 44.1 Å². The summed E-state index contributed by atoms with van der Waals surface area (Å²) in [6.45, 7) is 3.53. The minimum absolute atomic E-state index is 0.393. The highest BCUT2D eigenvalue weighted by Gasteiger charge is 2.25. The molecule has 1 aliphatic rings. The topological polar surface area (TPSA) is 92.1 Å². The number of anilines is 1. The minimum Gasteiger partial charge on any atom is -0.451 e. The van der Waals surface area contributed by atoms with Gasteiger partial charge >= 0.3 is 5.97 Å². The van der Waals surface area contributed by atoms with Crippen LogP contribution in [0.15, 0.2) is 17.5 Å². The van der Waals surface area contributed by atoms with E-state index in [-0.39, 0.29) is 0 Å². The van der Waals surface area contributed by atoms with E-state index < -0.39 is 18.5 Å². The summed E-state index contributed by atoms with van der Waals surface area (Å²) in [4.78, 5) is 31.8. The maximum absolute atomic E-state index is 12.4. The Labute approximate surface area is 186 Å². The first-order valence-corrected chi connectivity index (χ1v) is 12.0. The summed E-state index contributed by atoms with van der Waals surface area (Å²) >= 11 is 4.26. The molecule has 1 amide bonds. The lowest BCUT2D eigenvalue weighted by Gasteiger charge is -2.17. The lowest BCUT2D eigenvalue weighted by molar-refractivity contribution is -0.119. The standard InChI is InChI=1S/C21H19N3O3S3/c1-11-5-6-13-14(9-22)19(29-16(13)8-11)24-17(25)10-27-21(26)18-12(2)23-20(30-18)15-4-3-7-28-15/h3-4,7,11H,5-6,8,10H2,1-2H3,(H,24,25). The smallest absolute Gasteiger partial charge is 0.350 e. The molecule has 0 bridgehead atoms. The SMILES string of the molecule is Cc1nc(-c2cccs2)sc1C(=O)OCC(=O)Nc1sc2c(c1C#N)CCC(C)C2. The number of esters is 1. The van der Waals surface area contributed by atoms with Gasteiger partial charge in [0.05, 0.1) is 16.1 Å². The van der Waals surface area contributed by atoms with E-state index in [4.69, 9.17) is 4.74 Å². The van der Waals surface area contributed by atoms with Crippen molar-refractivity contribution in [1.82, 2.24) is 4.98 Å². The summed E-state index contributed by atoms with van der Waals surface area (Å²) in [5, 5.41) is 15.5. The number of thiophene rings is 2. The third-order valence-electron chi connectivity index (χ3n) is 4.92. The molecule has 1 aliphatic carbocycles. The van der Waals surface area contributed by atoms with Gasteiger partial charge in [-0.05, 0) is 49.1 Å². The normalized spacial score (nSPS) is 15.3. The highest BCUT2D eigenvalue weighted by Crippen LogP contribution is 2.39. The van der Waals surface area contributed by atoms with Gasteiger partial charge in [-0.25, -0.2) is 9.78 Å². The molecule has 4 rings (SSSR count). The fourth-order valence-corrected chi connectivity index (χ4v) is 6.54. The van der Waals surface area contributed by atoms with Crippen LogP contribution in [-0.2, 0) is 22.4 Å². The van der Waals surface area contributed by atoms with E-state index in [1.54, 1.807) is 18.3 Å². The molecule has 1 atom stereocenters. The second-order valence-electron chi connectivity index (χ2n) is 7.20. The van der Waals surface area contributed by atoms with Crippen LogP contribution in [0.4, 0.5) is 5.00 Å². The summed E-state index contributed by atoms with van der Waals surface area (Å²) in [5.74, 6) is -0.441. The number of thiazole rings is 1. The summed E-state index contributed by atoms with van der Waals surface area (Å²) in [6.07, 6.45) is 2.83. The Morgan fingerprint density at radius 2 is 2.23 bits per heavy atom. The molecular weight excluding hydrogens is 438 g/mol. The number of rotatable bonds is 5. The van der Waals surface area contributed by atoms with Crippen LogP contribution in [0.3, 0.4) is 0 Å². The van der Waals surface area contributed by atoms with E-state index in [0.717, 1.165) is 34.7 Å². The monoisotopic (exact) mass is 457 g/mol. The minimum atomic E-state index is -0.567. The molecule has 3 heterocycles. The molecule has 30 heavy (non-hydrogen) atoms. The maximum atomic E-state index is 12.4. The van der Waals surface area contributed by atoms with Crippen LogP contribution < -0.4 is 5.32 Å². The van der Waals surface area contributed by atoms with Crippen molar-refractivity contribution in [2.75, 3.05) is 11.9 Å². The number of ether oxygens (including phenoxy) is 1. The molecule has 0 radical (unpaired) electrons. The number of nitrogens with zero attached hydrogens (tertiary/aromatic N) is 2. The molecule has 3 aromatic heterocycles. The van der Waals surface area contributed by atoms with Crippen LogP contribution >= 0.6 is 34.0 Å². The quantitative estimate of drug-likeness (QED) is 0.542. The van der Waals surface area contributed by atoms with E-state index >= 15 is 0 Å². The Balaban J connectivity index is 1.40. The first-order chi connectivity index (χ1) is 14.5. The summed E-state index contributed by atoms with van der Waals surface area (Å²) < 4.78 is 5.21. The van der Waals surface area contributed by atoms with Gasteiger partial charge in [-0.15, -0.1) is 34.0 Å². The third kappa shape index (κ3) is 4.17. The van der Waals surface area contributed by atoms with Crippen LogP contribution in [0.5, 0.6) is 0 Å². The van der Waals surface area contributed by atoms with Gasteiger partial charge in [-0.3, -0.25) is 4.79 Å². The predicted octanol–water partition coefficient (Wildman–Crippen LogP) is 5.03. The molecule has 0 aromatic carbocycles. The zero-order chi connectivity index (χ0) is 21.3. The van der Waals surface area contributed by atoms with Gasteiger partial charge in [0, 0.05) is 4.88 Å². The van der Waals surface area contributed by atoms with Crippen molar-refractivity contribution in [3.8, 4) is 16.0 Å². The fourth-order valence-electron chi connectivity index (χ4n) is 3.41. The van der Waals surface area contributed by atoms with Gasteiger partial charge in [-0.1, -0.05) is 13.0 Å². The van der Waals surface area contributed by atoms with Crippen LogP contribution in [0.25, 0.3) is 9.88 Å². The first kappa shape index (κ1) is 20.7. The first-order valence-electron chi connectivity index (χ1n) is 9.49. The number of hydrogen-bond acceptors (Lipinski definition) is 8. The van der Waals surface area contributed by atoms with Crippen molar-refractivity contribution in [2.45, 2.75) is 33.1 Å². The highest BCUT2D eigenvalue weighted by atomic mass is 32.1. The van der Waals surface area contributed by atoms with Crippen LogP contribution in [-0.4, -0.2) is 23.5 Å². The average molecular weight is 458 g/mol. The predicted molar refractivity (Wildman–Crippen MR) is 119 cm³/mol. The molecule has 154 valence electrons. The number of fused-ring (bicyclic) bond motifs is 1. The van der Waals surface area contributed by atoms with Crippen molar-refractivity contribution in [3.63, 3.8) is 0 Å². The second-order valence-corrected chi connectivity index (χ2v) is 10.3. The molecule has 3 aromatic rings. The van der Waals surface area contributed by atoms with Gasteiger partial charge in [0.15, 0.2) is 6.61 Å². The number of nitriles is 1.